The van der Waals surface area contributed by atoms with Crippen LogP contribution in [0.3, 0.4) is 0 Å². The van der Waals surface area contributed by atoms with Gasteiger partial charge in [-0.05, 0) is 58.3 Å². The molecule has 280 valence electrons. The summed E-state index contributed by atoms with van der Waals surface area (Å²) in [7, 11) is 0. The number of thiophene rings is 1. The SMILES string of the molecule is c1ccc(-c2nc(-c3cccc(-c4cc5ccccc5c5c4sc4ccccc45)c3)nc(-c3ccc(-c4ccccc4)c(-n4c5ccccc5c5ccccc54)c3)n2)cc1. The number of nitrogens with zero attached hydrogens (tertiary/aromatic N) is 4. The molecule has 0 bridgehead atoms. The third-order valence-corrected chi connectivity index (χ3v) is 12.8. The molecule has 60 heavy (non-hydrogen) atoms. The van der Waals surface area contributed by atoms with Gasteiger partial charge in [0.15, 0.2) is 17.5 Å². The van der Waals surface area contributed by atoms with Gasteiger partial charge in [-0.25, -0.2) is 15.0 Å². The maximum atomic E-state index is 5.30. The van der Waals surface area contributed by atoms with E-state index in [4.69, 9.17) is 15.0 Å². The van der Waals surface area contributed by atoms with Crippen molar-refractivity contribution in [3.63, 3.8) is 0 Å². The van der Waals surface area contributed by atoms with Gasteiger partial charge in [-0.15, -0.1) is 11.3 Å². The quantitative estimate of drug-likeness (QED) is 0.169. The fraction of sp³-hybridized carbons (Fsp3) is 0. The van der Waals surface area contributed by atoms with E-state index in [1.54, 1.807) is 0 Å². The second kappa shape index (κ2) is 14.0. The van der Waals surface area contributed by atoms with Crippen molar-refractivity contribution in [2.24, 2.45) is 0 Å². The van der Waals surface area contributed by atoms with Gasteiger partial charge in [0.2, 0.25) is 0 Å². The molecule has 12 rings (SSSR count). The van der Waals surface area contributed by atoms with Crippen molar-refractivity contribution in [2.75, 3.05) is 0 Å². The van der Waals surface area contributed by atoms with Gasteiger partial charge in [-0.2, -0.15) is 0 Å². The van der Waals surface area contributed by atoms with E-state index in [0.717, 1.165) is 50.1 Å². The number of aromatic nitrogens is 4. The lowest BCUT2D eigenvalue weighted by Gasteiger charge is -2.16. The highest BCUT2D eigenvalue weighted by Crippen LogP contribution is 2.45. The highest BCUT2D eigenvalue weighted by Gasteiger charge is 2.20. The molecule has 0 saturated carbocycles. The van der Waals surface area contributed by atoms with E-state index in [2.05, 4.69) is 193 Å². The normalized spacial score (nSPS) is 11.7. The van der Waals surface area contributed by atoms with Gasteiger partial charge < -0.3 is 4.57 Å². The van der Waals surface area contributed by atoms with Crippen LogP contribution in [0.5, 0.6) is 0 Å². The van der Waals surface area contributed by atoms with E-state index >= 15 is 0 Å². The van der Waals surface area contributed by atoms with Gasteiger partial charge in [-0.1, -0.05) is 170 Å². The number of hydrogen-bond donors (Lipinski definition) is 0. The van der Waals surface area contributed by atoms with Crippen molar-refractivity contribution in [3.8, 4) is 62.1 Å². The Balaban J connectivity index is 1.07. The highest BCUT2D eigenvalue weighted by atomic mass is 32.1. The van der Waals surface area contributed by atoms with Gasteiger partial charge in [0.05, 0.1) is 16.7 Å². The van der Waals surface area contributed by atoms with Crippen molar-refractivity contribution >= 4 is 64.1 Å². The fourth-order valence-corrected chi connectivity index (χ4v) is 10.1. The lowest BCUT2D eigenvalue weighted by molar-refractivity contribution is 1.07. The summed E-state index contributed by atoms with van der Waals surface area (Å²) >= 11 is 1.86. The zero-order valence-electron chi connectivity index (χ0n) is 32.3. The molecule has 0 aliphatic carbocycles. The third-order valence-electron chi connectivity index (χ3n) is 11.6. The highest BCUT2D eigenvalue weighted by molar-refractivity contribution is 7.26. The molecule has 0 amide bonds. The molecule has 3 aromatic heterocycles. The van der Waals surface area contributed by atoms with E-state index in [1.165, 1.54) is 47.3 Å². The number of hydrogen-bond acceptors (Lipinski definition) is 4. The Kier molecular flexibility index (Phi) is 8.00. The Morgan fingerprint density at radius 1 is 0.350 bits per heavy atom. The molecule has 4 nitrogen and oxygen atoms in total. The molecular formula is C55H34N4S. The van der Waals surface area contributed by atoms with Crippen molar-refractivity contribution in [1.29, 1.82) is 0 Å². The van der Waals surface area contributed by atoms with Crippen LogP contribution in [0.2, 0.25) is 0 Å². The predicted octanol–water partition coefficient (Wildman–Crippen LogP) is 14.8. The molecule has 0 spiro atoms. The number of para-hydroxylation sites is 2. The molecule has 0 N–H and O–H groups in total. The van der Waals surface area contributed by atoms with Crippen LogP contribution in [-0.2, 0) is 0 Å². The molecule has 0 saturated heterocycles. The fourth-order valence-electron chi connectivity index (χ4n) is 8.86. The second-order valence-electron chi connectivity index (χ2n) is 15.2. The number of rotatable bonds is 6. The van der Waals surface area contributed by atoms with Crippen LogP contribution in [0, 0.1) is 0 Å². The molecule has 0 unspecified atom stereocenters. The Labute approximate surface area is 350 Å². The topological polar surface area (TPSA) is 43.6 Å². The minimum atomic E-state index is 0.614. The molecule has 9 aromatic carbocycles. The molecule has 0 atom stereocenters. The lowest BCUT2D eigenvalue weighted by atomic mass is 9.96. The van der Waals surface area contributed by atoms with Crippen molar-refractivity contribution < 1.29 is 0 Å². The number of benzene rings is 9. The van der Waals surface area contributed by atoms with E-state index in [1.807, 2.05) is 29.5 Å². The summed E-state index contributed by atoms with van der Waals surface area (Å²) in [5.41, 5.74) is 10.7. The zero-order valence-corrected chi connectivity index (χ0v) is 33.1. The van der Waals surface area contributed by atoms with Crippen molar-refractivity contribution in [2.45, 2.75) is 0 Å². The minimum absolute atomic E-state index is 0.614. The molecule has 0 aliphatic rings. The monoisotopic (exact) mass is 782 g/mol. The summed E-state index contributed by atoms with van der Waals surface area (Å²) in [5.74, 6) is 1.87. The van der Waals surface area contributed by atoms with Gasteiger partial charge in [0.25, 0.3) is 0 Å². The average Bonchev–Trinajstić information content (AvgIpc) is 3.88. The Morgan fingerprint density at radius 3 is 1.60 bits per heavy atom. The summed E-state index contributed by atoms with van der Waals surface area (Å²) in [6, 6.07) is 73.2. The molecule has 0 aliphatic heterocycles. The maximum absolute atomic E-state index is 5.30. The second-order valence-corrected chi connectivity index (χ2v) is 16.2. The summed E-state index contributed by atoms with van der Waals surface area (Å²) in [6.07, 6.45) is 0. The summed E-state index contributed by atoms with van der Waals surface area (Å²) in [6.45, 7) is 0. The third kappa shape index (κ3) is 5.63. The molecule has 12 aromatic rings. The van der Waals surface area contributed by atoms with E-state index in [0.29, 0.717) is 17.5 Å². The largest absolute Gasteiger partial charge is 0.309 e. The van der Waals surface area contributed by atoms with E-state index < -0.39 is 0 Å². The van der Waals surface area contributed by atoms with Crippen molar-refractivity contribution in [1.82, 2.24) is 19.5 Å². The van der Waals surface area contributed by atoms with Crippen LogP contribution in [-0.4, -0.2) is 19.5 Å². The summed E-state index contributed by atoms with van der Waals surface area (Å²) in [4.78, 5) is 15.7. The van der Waals surface area contributed by atoms with Crippen LogP contribution in [0.4, 0.5) is 0 Å². The Bertz CT molecular complexity index is 3550. The minimum Gasteiger partial charge on any atom is -0.309 e. The standard InChI is InChI=1S/C55H34N4S/c1-3-16-35(17-4-1)41-31-30-40(34-49(41)59-47-27-12-9-24-43(47)44-25-10-13-28-48(44)59)55-57-53(36-18-5-2-6-19-36)56-54(58-55)39-22-15-21-37(32-39)46-33-38-20-7-8-23-42(38)51-45-26-11-14-29-50(45)60-52(46)51/h1-34H. The number of fused-ring (bicyclic) bond motifs is 8. The first kappa shape index (κ1) is 34.3. The first-order valence-electron chi connectivity index (χ1n) is 20.2. The van der Waals surface area contributed by atoms with Crippen LogP contribution in [0.1, 0.15) is 0 Å². The van der Waals surface area contributed by atoms with Crippen LogP contribution in [0.15, 0.2) is 206 Å². The first-order valence-corrected chi connectivity index (χ1v) is 21.0. The average molecular weight is 783 g/mol. The lowest BCUT2D eigenvalue weighted by Crippen LogP contribution is -2.02. The Hall–Kier alpha value is -7.73. The van der Waals surface area contributed by atoms with Crippen LogP contribution in [0.25, 0.3) is 115 Å². The van der Waals surface area contributed by atoms with Gasteiger partial charge in [0, 0.05) is 58.8 Å². The summed E-state index contributed by atoms with van der Waals surface area (Å²) in [5, 5.41) is 7.52. The molecule has 0 fully saturated rings. The zero-order chi connectivity index (χ0) is 39.6. The molecule has 5 heteroatoms. The smallest absolute Gasteiger partial charge is 0.164 e. The van der Waals surface area contributed by atoms with Gasteiger partial charge >= 0.3 is 0 Å². The van der Waals surface area contributed by atoms with E-state index in [9.17, 15) is 0 Å². The van der Waals surface area contributed by atoms with Crippen LogP contribution >= 0.6 is 11.3 Å². The molecular weight excluding hydrogens is 749 g/mol. The predicted molar refractivity (Wildman–Crippen MR) is 252 cm³/mol. The molecule has 3 heterocycles. The van der Waals surface area contributed by atoms with Crippen LogP contribution < -0.4 is 0 Å². The Morgan fingerprint density at radius 2 is 0.883 bits per heavy atom. The van der Waals surface area contributed by atoms with Gasteiger partial charge in [0.1, 0.15) is 0 Å². The summed E-state index contributed by atoms with van der Waals surface area (Å²) < 4.78 is 4.96. The van der Waals surface area contributed by atoms with E-state index in [-0.39, 0.29) is 0 Å². The van der Waals surface area contributed by atoms with Crippen molar-refractivity contribution in [3.05, 3.63) is 206 Å². The maximum Gasteiger partial charge on any atom is 0.164 e. The molecule has 0 radical (unpaired) electrons. The first-order chi connectivity index (χ1) is 29.7. The van der Waals surface area contributed by atoms with Gasteiger partial charge in [-0.3, -0.25) is 0 Å².